The van der Waals surface area contributed by atoms with Crippen molar-refractivity contribution in [3.63, 3.8) is 0 Å². The molecule has 0 amide bonds. The van der Waals surface area contributed by atoms with Gasteiger partial charge in [0.25, 0.3) is 0 Å². The molecule has 0 bridgehead atoms. The lowest BCUT2D eigenvalue weighted by atomic mass is 9.55. The van der Waals surface area contributed by atoms with E-state index in [2.05, 4.69) is 224 Å². The lowest BCUT2D eigenvalue weighted by molar-refractivity contribution is 0.332. The van der Waals surface area contributed by atoms with Crippen molar-refractivity contribution >= 4 is 68.4 Å². The number of aromatic nitrogens is 1. The summed E-state index contributed by atoms with van der Waals surface area (Å²) in [6.45, 7) is 24.3. The van der Waals surface area contributed by atoms with Crippen LogP contribution in [0.4, 0.5) is 28.4 Å². The van der Waals surface area contributed by atoms with Crippen molar-refractivity contribution in [2.24, 2.45) is 0 Å². The zero-order chi connectivity index (χ0) is 45.2. The van der Waals surface area contributed by atoms with Crippen LogP contribution in [0.15, 0.2) is 140 Å². The maximum atomic E-state index is 4.09. The van der Waals surface area contributed by atoms with Crippen LogP contribution in [0.2, 0.25) is 0 Å². The molecule has 2 aliphatic carbocycles. The molecule has 3 aliphatic rings. The molecule has 8 aromatic rings. The Kier molecular flexibility index (Phi) is 9.47. The third kappa shape index (κ3) is 6.68. The van der Waals surface area contributed by atoms with Crippen LogP contribution < -0.4 is 21.1 Å². The molecule has 65 heavy (non-hydrogen) atoms. The van der Waals surface area contributed by atoms with Crippen molar-refractivity contribution in [3.05, 3.63) is 167 Å². The molecule has 326 valence electrons. The summed E-state index contributed by atoms with van der Waals surface area (Å²) in [6.07, 6.45) is 4.77. The van der Waals surface area contributed by atoms with Crippen molar-refractivity contribution < 1.29 is 0 Å². The number of benzene rings is 7. The van der Waals surface area contributed by atoms with E-state index in [0.29, 0.717) is 5.92 Å². The van der Waals surface area contributed by atoms with Crippen molar-refractivity contribution in [3.8, 4) is 16.8 Å². The van der Waals surface area contributed by atoms with Crippen LogP contribution in [-0.2, 0) is 21.7 Å². The number of hydrogen-bond donors (Lipinski definition) is 1. The molecule has 7 aromatic carbocycles. The van der Waals surface area contributed by atoms with Gasteiger partial charge in [-0.3, -0.25) is 0 Å². The van der Waals surface area contributed by atoms with E-state index in [1.54, 1.807) is 0 Å². The van der Waals surface area contributed by atoms with Gasteiger partial charge < -0.3 is 14.8 Å². The van der Waals surface area contributed by atoms with Gasteiger partial charge in [0, 0.05) is 56.0 Å². The zero-order valence-electron chi connectivity index (χ0n) is 40.3. The molecule has 0 spiro atoms. The Labute approximate surface area is 388 Å². The number of nitrogens with zero attached hydrogens (tertiary/aromatic N) is 2. The first kappa shape index (κ1) is 41.7. The Bertz CT molecular complexity index is 3140. The van der Waals surface area contributed by atoms with Gasteiger partial charge in [0.1, 0.15) is 0 Å². The van der Waals surface area contributed by atoms with Gasteiger partial charge in [0.05, 0.1) is 5.52 Å². The van der Waals surface area contributed by atoms with Gasteiger partial charge in [-0.1, -0.05) is 147 Å². The van der Waals surface area contributed by atoms with Crippen LogP contribution in [0.3, 0.4) is 0 Å². The summed E-state index contributed by atoms with van der Waals surface area (Å²) in [5, 5.41) is 6.84. The normalized spacial score (nSPS) is 17.3. The molecule has 4 heteroatoms. The SMILES string of the molecule is CC(C)c1cc(-c2cc(N(c3ccccc3)c3ccccc3)ccc2Nc2ccc3c(c2)C(C)(C)CCC3(C)C)c2c3c1c1ccccc1n3-c1cc3c(cc1B2)C(C)(C)CCC3(C)C. The van der Waals surface area contributed by atoms with E-state index in [9.17, 15) is 0 Å². The number of nitrogens with one attached hydrogen (secondary N) is 1. The molecule has 0 saturated heterocycles. The van der Waals surface area contributed by atoms with Gasteiger partial charge in [-0.25, -0.2) is 0 Å². The summed E-state index contributed by atoms with van der Waals surface area (Å²) >= 11 is 0. The van der Waals surface area contributed by atoms with Crippen LogP contribution in [0.25, 0.3) is 38.6 Å². The molecule has 0 fully saturated rings. The highest BCUT2D eigenvalue weighted by Crippen LogP contribution is 2.50. The minimum atomic E-state index is 0.103. The third-order valence-corrected chi connectivity index (χ3v) is 16.1. The largest absolute Gasteiger partial charge is 0.355 e. The first-order chi connectivity index (χ1) is 31.0. The van der Waals surface area contributed by atoms with Crippen molar-refractivity contribution in [2.75, 3.05) is 10.2 Å². The fraction of sp³-hybridized carbons (Fsp3) is 0.311. The maximum Gasteiger partial charge on any atom is 0.198 e. The molecular weight excluding hydrogens is 786 g/mol. The van der Waals surface area contributed by atoms with Crippen LogP contribution in [-0.4, -0.2) is 11.8 Å². The standard InChI is InChI=1S/C61H64BN3/c1-38(2)44-35-46(56-57-55(44)43-23-17-18-24-53(43)65(57)54-37-50-49(36-51(54)62-56)60(7,8)31-32-61(50,9)10)45-34-42(64(40-19-13-11-14-20-40)41-21-15-12-16-22-41)26-28-52(45)63-39-25-27-47-48(33-39)59(5,6)30-29-58(47,3)4/h11-28,33-38,62-63H,29-32H2,1-10H3. The van der Waals surface area contributed by atoms with Gasteiger partial charge in [0.2, 0.25) is 0 Å². The van der Waals surface area contributed by atoms with Gasteiger partial charge in [-0.05, 0) is 159 Å². The molecule has 1 aromatic heterocycles. The van der Waals surface area contributed by atoms with Crippen molar-refractivity contribution in [1.82, 2.24) is 4.57 Å². The number of rotatable bonds is 7. The van der Waals surface area contributed by atoms with E-state index < -0.39 is 0 Å². The Morgan fingerprint density at radius 3 is 1.74 bits per heavy atom. The molecule has 0 unspecified atom stereocenters. The summed E-state index contributed by atoms with van der Waals surface area (Å²) < 4.78 is 2.66. The molecule has 3 nitrogen and oxygen atoms in total. The van der Waals surface area contributed by atoms with Crippen molar-refractivity contribution in [2.45, 2.75) is 122 Å². The highest BCUT2D eigenvalue weighted by atomic mass is 15.1. The monoisotopic (exact) mass is 850 g/mol. The molecule has 0 radical (unpaired) electrons. The second kappa shape index (κ2) is 14.8. The minimum Gasteiger partial charge on any atom is -0.355 e. The second-order valence-electron chi connectivity index (χ2n) is 22.6. The molecule has 0 atom stereocenters. The van der Waals surface area contributed by atoms with Gasteiger partial charge in [-0.15, -0.1) is 0 Å². The van der Waals surface area contributed by atoms with Gasteiger partial charge in [0.15, 0.2) is 7.28 Å². The molecule has 0 saturated carbocycles. The number of para-hydroxylation sites is 3. The Balaban J connectivity index is 1.21. The highest BCUT2D eigenvalue weighted by molar-refractivity contribution is 6.73. The molecule has 1 aliphatic heterocycles. The lowest BCUT2D eigenvalue weighted by Gasteiger charge is -2.43. The number of hydrogen-bond acceptors (Lipinski definition) is 2. The highest BCUT2D eigenvalue weighted by Gasteiger charge is 2.40. The van der Waals surface area contributed by atoms with E-state index in [-0.39, 0.29) is 21.7 Å². The zero-order valence-corrected chi connectivity index (χ0v) is 40.3. The minimum absolute atomic E-state index is 0.103. The fourth-order valence-corrected chi connectivity index (χ4v) is 12.0. The van der Waals surface area contributed by atoms with E-state index >= 15 is 0 Å². The summed E-state index contributed by atoms with van der Waals surface area (Å²) in [5.41, 5.74) is 22.9. The van der Waals surface area contributed by atoms with Gasteiger partial charge in [-0.2, -0.15) is 0 Å². The molecule has 2 heterocycles. The lowest BCUT2D eigenvalue weighted by Crippen LogP contribution is -2.41. The predicted octanol–water partition coefficient (Wildman–Crippen LogP) is 15.2. The summed E-state index contributed by atoms with van der Waals surface area (Å²) in [5.74, 6) is 0.308. The smallest absolute Gasteiger partial charge is 0.198 e. The van der Waals surface area contributed by atoms with E-state index in [1.165, 1.54) is 103 Å². The van der Waals surface area contributed by atoms with Crippen LogP contribution in [0, 0.1) is 0 Å². The summed E-state index contributed by atoms with van der Waals surface area (Å²) in [7, 11) is 0.868. The van der Waals surface area contributed by atoms with Crippen LogP contribution in [0.1, 0.15) is 129 Å². The molecule has 11 rings (SSSR count). The summed E-state index contributed by atoms with van der Waals surface area (Å²) in [4.78, 5) is 2.41. The first-order valence-corrected chi connectivity index (χ1v) is 24.3. The third-order valence-electron chi connectivity index (χ3n) is 16.1. The summed E-state index contributed by atoms with van der Waals surface area (Å²) in [6, 6.07) is 53.0. The van der Waals surface area contributed by atoms with E-state index in [1.807, 2.05) is 0 Å². The van der Waals surface area contributed by atoms with Crippen molar-refractivity contribution in [1.29, 1.82) is 0 Å². The Morgan fingerprint density at radius 1 is 0.538 bits per heavy atom. The maximum absolute atomic E-state index is 4.09. The average Bonchev–Trinajstić information content (AvgIpc) is 3.64. The number of anilines is 5. The molecular formula is C61H64BN3. The van der Waals surface area contributed by atoms with E-state index in [0.717, 1.165) is 35.7 Å². The Morgan fingerprint density at radius 2 is 1.11 bits per heavy atom. The second-order valence-corrected chi connectivity index (χ2v) is 22.6. The number of fused-ring (bicyclic) bond motifs is 7. The van der Waals surface area contributed by atoms with Crippen LogP contribution >= 0.6 is 0 Å². The fourth-order valence-electron chi connectivity index (χ4n) is 12.0. The topological polar surface area (TPSA) is 20.2 Å². The quantitative estimate of drug-likeness (QED) is 0.161. The van der Waals surface area contributed by atoms with E-state index in [4.69, 9.17) is 0 Å². The predicted molar refractivity (Wildman–Crippen MR) is 282 cm³/mol. The van der Waals surface area contributed by atoms with Crippen LogP contribution in [0.5, 0.6) is 0 Å². The molecule has 1 N–H and O–H groups in total. The Hall–Kier alpha value is -6.00. The first-order valence-electron chi connectivity index (χ1n) is 24.3. The van der Waals surface area contributed by atoms with Gasteiger partial charge >= 0.3 is 0 Å². The average molecular weight is 850 g/mol.